The average Bonchev–Trinajstić information content (AvgIpc) is 2.44. The van der Waals surface area contributed by atoms with Crippen LogP contribution in [0.25, 0.3) is 0 Å². The number of carbonyl (C=O) groups is 1. The zero-order chi connectivity index (χ0) is 18.0. The molecule has 0 saturated heterocycles. The van der Waals surface area contributed by atoms with Crippen LogP contribution in [-0.2, 0) is 18.4 Å². The summed E-state index contributed by atoms with van der Waals surface area (Å²) in [5.74, 6) is -0.249. The molecule has 1 aromatic carbocycles. The summed E-state index contributed by atoms with van der Waals surface area (Å²) in [7, 11) is -3.62. The Morgan fingerprint density at radius 2 is 1.67 bits per heavy atom. The molecule has 1 aromatic rings. The van der Waals surface area contributed by atoms with Gasteiger partial charge in [-0.05, 0) is 57.3 Å². The number of esters is 1. The van der Waals surface area contributed by atoms with E-state index in [2.05, 4.69) is 39.3 Å². The van der Waals surface area contributed by atoms with Gasteiger partial charge in [-0.2, -0.15) is 0 Å². The van der Waals surface area contributed by atoms with Gasteiger partial charge in [0.1, 0.15) is 0 Å². The molecule has 0 aliphatic carbocycles. The van der Waals surface area contributed by atoms with Gasteiger partial charge in [0, 0.05) is 0 Å². The Morgan fingerprint density at radius 3 is 2.17 bits per heavy atom. The maximum atomic E-state index is 12.6. The average molecular weight is 365 g/mol. The van der Waals surface area contributed by atoms with Crippen LogP contribution in [0.3, 0.4) is 0 Å². The predicted octanol–water partition coefficient (Wildman–Crippen LogP) is 4.84. The lowest BCUT2D eigenvalue weighted by atomic mass is 9.92. The van der Waals surface area contributed by atoms with Crippen molar-refractivity contribution < 1.29 is 18.4 Å². The van der Waals surface area contributed by atoms with Gasteiger partial charge in [-0.15, -0.1) is 0 Å². The monoisotopic (exact) mass is 364 g/mol. The first-order chi connectivity index (χ1) is 11.1. The number of hydrogen-bond donors (Lipinski definition) is 0. The van der Waals surface area contributed by atoms with E-state index >= 15 is 0 Å². The zero-order valence-corrected chi connectivity index (χ0v) is 17.5. The molecule has 132 valence electrons. The highest BCUT2D eigenvalue weighted by Crippen LogP contribution is 2.36. The van der Waals surface area contributed by atoms with E-state index in [1.54, 1.807) is 0 Å². The molecule has 24 heavy (non-hydrogen) atoms. The van der Waals surface area contributed by atoms with Crippen molar-refractivity contribution in [1.82, 2.24) is 0 Å². The van der Waals surface area contributed by atoms with E-state index in [0.717, 1.165) is 5.56 Å². The van der Waals surface area contributed by atoms with Gasteiger partial charge in [-0.25, -0.2) is 0 Å². The maximum Gasteiger partial charge on any atom is 0.319 e. The molecular formula is C18H28O4Si2. The molecule has 2 unspecified atom stereocenters. The first-order valence-corrected chi connectivity index (χ1v) is 15.2. The summed E-state index contributed by atoms with van der Waals surface area (Å²) in [6.07, 6.45) is 2.17. The Balaban J connectivity index is 2.23. The molecule has 1 aliphatic heterocycles. The molecule has 1 aliphatic rings. The van der Waals surface area contributed by atoms with Crippen molar-refractivity contribution in [3.05, 3.63) is 47.9 Å². The lowest BCUT2D eigenvalue weighted by Gasteiger charge is -2.34. The van der Waals surface area contributed by atoms with Crippen LogP contribution in [0.1, 0.15) is 18.1 Å². The normalized spacial score (nSPS) is 20.2. The number of benzene rings is 1. The molecule has 0 radical (unpaired) electrons. The predicted molar refractivity (Wildman–Crippen MR) is 100 cm³/mol. The van der Waals surface area contributed by atoms with E-state index in [-0.39, 0.29) is 18.0 Å². The number of carbonyl (C=O) groups excluding carboxylic acids is 1. The van der Waals surface area contributed by atoms with Crippen molar-refractivity contribution in [2.75, 3.05) is 0 Å². The second-order valence-electron chi connectivity index (χ2n) is 8.06. The van der Waals surface area contributed by atoms with Crippen LogP contribution in [0.2, 0.25) is 39.3 Å². The van der Waals surface area contributed by atoms with Crippen LogP contribution in [-0.4, -0.2) is 22.6 Å². The van der Waals surface area contributed by atoms with Crippen molar-refractivity contribution >= 4 is 22.6 Å². The van der Waals surface area contributed by atoms with E-state index in [9.17, 15) is 4.79 Å². The molecule has 0 aromatic heterocycles. The van der Waals surface area contributed by atoms with Crippen molar-refractivity contribution in [3.8, 4) is 0 Å². The third-order valence-electron chi connectivity index (χ3n) is 3.42. The summed E-state index contributed by atoms with van der Waals surface area (Å²) in [5.41, 5.74) is 1.02. The molecule has 0 N–H and O–H groups in total. The molecule has 2 rings (SSSR count). The fourth-order valence-electron chi connectivity index (χ4n) is 2.55. The zero-order valence-electron chi connectivity index (χ0n) is 15.5. The van der Waals surface area contributed by atoms with E-state index < -0.39 is 16.6 Å². The Hall–Kier alpha value is -1.38. The van der Waals surface area contributed by atoms with Crippen molar-refractivity contribution in [2.45, 2.75) is 51.8 Å². The second kappa shape index (κ2) is 7.25. The van der Waals surface area contributed by atoms with E-state index in [1.165, 1.54) is 0 Å². The van der Waals surface area contributed by atoms with Crippen LogP contribution in [0.4, 0.5) is 0 Å². The van der Waals surface area contributed by atoms with Crippen LogP contribution in [0.5, 0.6) is 0 Å². The Bertz CT molecular complexity index is 600. The number of allylic oxidation sites excluding steroid dienone is 1. The van der Waals surface area contributed by atoms with Gasteiger partial charge in [0.15, 0.2) is 8.32 Å². The summed E-state index contributed by atoms with van der Waals surface area (Å²) in [6.45, 7) is 12.6. The van der Waals surface area contributed by atoms with Crippen LogP contribution < -0.4 is 0 Å². The van der Waals surface area contributed by atoms with Gasteiger partial charge in [0.25, 0.3) is 5.95 Å². The minimum Gasteiger partial charge on any atom is -0.520 e. The molecule has 2 atom stereocenters. The summed E-state index contributed by atoms with van der Waals surface area (Å²) < 4.78 is 17.6. The fourth-order valence-corrected chi connectivity index (χ4v) is 4.34. The molecule has 0 spiro atoms. The van der Waals surface area contributed by atoms with Gasteiger partial charge in [0.05, 0.1) is 12.0 Å². The van der Waals surface area contributed by atoms with E-state index in [4.69, 9.17) is 13.6 Å². The van der Waals surface area contributed by atoms with Crippen molar-refractivity contribution in [2.24, 2.45) is 5.92 Å². The quantitative estimate of drug-likeness (QED) is 0.535. The minimum absolute atomic E-state index is 0.266. The first-order valence-electron chi connectivity index (χ1n) is 8.39. The maximum absolute atomic E-state index is 12.6. The molecule has 0 bridgehead atoms. The Morgan fingerprint density at radius 1 is 1.04 bits per heavy atom. The Kier molecular flexibility index (Phi) is 5.72. The van der Waals surface area contributed by atoms with Gasteiger partial charge < -0.3 is 13.6 Å². The van der Waals surface area contributed by atoms with Gasteiger partial charge >= 0.3 is 5.97 Å². The minimum atomic E-state index is -1.82. The summed E-state index contributed by atoms with van der Waals surface area (Å²) >= 11 is 0. The highest BCUT2D eigenvalue weighted by molar-refractivity contribution is 6.70. The number of hydrogen-bond acceptors (Lipinski definition) is 4. The van der Waals surface area contributed by atoms with Gasteiger partial charge in [0.2, 0.25) is 8.32 Å². The standard InChI is InChI=1S/C18H28O4Si2/c1-23(2,3)21-16-13-12-15(18(19)20-16)17(22-24(4,5)6)14-10-8-7-9-11-14/h7-11,13,15,17H,12H2,1-6H3. The molecule has 0 saturated carbocycles. The topological polar surface area (TPSA) is 44.8 Å². The van der Waals surface area contributed by atoms with E-state index in [0.29, 0.717) is 12.4 Å². The van der Waals surface area contributed by atoms with Crippen molar-refractivity contribution in [1.29, 1.82) is 0 Å². The second-order valence-corrected chi connectivity index (χ2v) is 17.0. The van der Waals surface area contributed by atoms with Crippen LogP contribution in [0.15, 0.2) is 42.4 Å². The Labute approximate surface area is 147 Å². The van der Waals surface area contributed by atoms with Crippen LogP contribution in [0, 0.1) is 5.92 Å². The lowest BCUT2D eigenvalue weighted by Crippen LogP contribution is -2.37. The fraction of sp³-hybridized carbons (Fsp3) is 0.500. The number of rotatable bonds is 6. The molecule has 1 heterocycles. The number of ether oxygens (including phenoxy) is 1. The van der Waals surface area contributed by atoms with Crippen molar-refractivity contribution in [3.63, 3.8) is 0 Å². The lowest BCUT2D eigenvalue weighted by molar-refractivity contribution is -0.153. The van der Waals surface area contributed by atoms with Crippen LogP contribution >= 0.6 is 0 Å². The largest absolute Gasteiger partial charge is 0.520 e. The molecule has 4 nitrogen and oxygen atoms in total. The SMILES string of the molecule is C[Si](C)(C)OC1=CCC(C(O[Si](C)(C)C)c2ccccc2)C(=O)O1. The molecule has 0 amide bonds. The summed E-state index contributed by atoms with van der Waals surface area (Å²) in [6, 6.07) is 9.93. The third kappa shape index (κ3) is 5.61. The molecule has 6 heteroatoms. The number of cyclic esters (lactones) is 1. The highest BCUT2D eigenvalue weighted by Gasteiger charge is 2.38. The van der Waals surface area contributed by atoms with E-state index in [1.807, 2.05) is 36.4 Å². The highest BCUT2D eigenvalue weighted by atomic mass is 28.4. The van der Waals surface area contributed by atoms with Gasteiger partial charge in [-0.3, -0.25) is 4.79 Å². The molecular weight excluding hydrogens is 336 g/mol. The third-order valence-corrected chi connectivity index (χ3v) is 5.20. The molecule has 0 fully saturated rings. The summed E-state index contributed by atoms with van der Waals surface area (Å²) in [4.78, 5) is 12.6. The van der Waals surface area contributed by atoms with Gasteiger partial charge in [-0.1, -0.05) is 30.3 Å². The smallest absolute Gasteiger partial charge is 0.319 e. The summed E-state index contributed by atoms with van der Waals surface area (Å²) in [5, 5.41) is 0. The first kappa shape index (κ1) is 19.0.